The topological polar surface area (TPSA) is 96.6 Å². The molecule has 3 aromatic rings. The maximum atomic E-state index is 14.0. The van der Waals surface area contributed by atoms with Crippen LogP contribution in [0.15, 0.2) is 56.9 Å². The monoisotopic (exact) mass is 475 g/mol. The highest BCUT2D eigenvalue weighted by Crippen LogP contribution is 2.20. The van der Waals surface area contributed by atoms with Gasteiger partial charge in [0.25, 0.3) is 5.56 Å². The van der Waals surface area contributed by atoms with Crippen LogP contribution < -0.4 is 20.9 Å². The summed E-state index contributed by atoms with van der Waals surface area (Å²) in [5.74, 6) is -0.246. The van der Waals surface area contributed by atoms with Gasteiger partial charge in [-0.05, 0) is 30.3 Å². The van der Waals surface area contributed by atoms with Gasteiger partial charge in [-0.15, -0.1) is 0 Å². The Labute approximate surface area is 190 Å². The fourth-order valence-corrected chi connectivity index (χ4v) is 5.13. The van der Waals surface area contributed by atoms with Gasteiger partial charge in [-0.25, -0.2) is 22.3 Å². The average molecular weight is 476 g/mol. The largest absolute Gasteiger partial charge is 0.367 e. The lowest BCUT2D eigenvalue weighted by molar-refractivity contribution is 0.261. The predicted molar refractivity (Wildman–Crippen MR) is 125 cm³/mol. The lowest BCUT2D eigenvalue weighted by Crippen LogP contribution is -2.48. The standard InChI is InChI=1S/C22H26FN5O4S/c1-25-19-8-7-16(15-17(19)21(29)26(2)22(25)30)33(31,32)24-9-10-27-11-13-28(14-12-27)20-6-4-3-5-18(20)23/h3-8,15,24H,9-14H2,1-2H3. The average Bonchev–Trinajstić information content (AvgIpc) is 2.82. The van der Waals surface area contributed by atoms with Crippen molar-refractivity contribution in [2.24, 2.45) is 14.1 Å². The molecule has 1 aliphatic heterocycles. The van der Waals surface area contributed by atoms with Crippen molar-refractivity contribution >= 4 is 26.6 Å². The minimum atomic E-state index is -3.84. The summed E-state index contributed by atoms with van der Waals surface area (Å²) in [6.07, 6.45) is 0. The molecule has 0 bridgehead atoms. The molecule has 1 fully saturated rings. The molecule has 2 aromatic carbocycles. The number of rotatable bonds is 6. The minimum Gasteiger partial charge on any atom is -0.367 e. The number of aromatic nitrogens is 2. The van der Waals surface area contributed by atoms with Gasteiger partial charge in [0.2, 0.25) is 10.0 Å². The lowest BCUT2D eigenvalue weighted by atomic mass is 10.2. The summed E-state index contributed by atoms with van der Waals surface area (Å²) in [7, 11) is -0.950. The number of hydrogen-bond donors (Lipinski definition) is 1. The number of hydrogen-bond acceptors (Lipinski definition) is 6. The Morgan fingerprint density at radius 2 is 1.67 bits per heavy atom. The molecule has 0 aliphatic carbocycles. The molecule has 1 aliphatic rings. The zero-order chi connectivity index (χ0) is 23.8. The first-order chi connectivity index (χ1) is 15.7. The number of nitrogens with one attached hydrogen (secondary N) is 1. The number of sulfonamides is 1. The SMILES string of the molecule is Cn1c(=O)c2cc(S(=O)(=O)NCCN3CCN(c4ccccc4F)CC3)ccc2n(C)c1=O. The molecule has 11 heteroatoms. The molecule has 2 heterocycles. The van der Waals surface area contributed by atoms with E-state index < -0.39 is 21.3 Å². The number of nitrogens with zero attached hydrogens (tertiary/aromatic N) is 4. The highest BCUT2D eigenvalue weighted by molar-refractivity contribution is 7.89. The molecule has 0 saturated carbocycles. The Morgan fingerprint density at radius 1 is 0.970 bits per heavy atom. The predicted octanol–water partition coefficient (Wildman–Crippen LogP) is 0.477. The van der Waals surface area contributed by atoms with E-state index in [1.807, 2.05) is 11.0 Å². The normalized spacial score (nSPS) is 15.3. The van der Waals surface area contributed by atoms with Gasteiger partial charge in [-0.2, -0.15) is 0 Å². The van der Waals surface area contributed by atoms with Gasteiger partial charge < -0.3 is 4.90 Å². The van der Waals surface area contributed by atoms with Gasteiger partial charge in [0.15, 0.2) is 0 Å². The van der Waals surface area contributed by atoms with Crippen molar-refractivity contribution < 1.29 is 12.8 Å². The highest BCUT2D eigenvalue weighted by Gasteiger charge is 2.21. The van der Waals surface area contributed by atoms with Gasteiger partial charge in [-0.3, -0.25) is 18.8 Å². The van der Waals surface area contributed by atoms with Crippen LogP contribution in [0, 0.1) is 5.82 Å². The fraction of sp³-hybridized carbons (Fsp3) is 0.364. The quantitative estimate of drug-likeness (QED) is 0.557. The van der Waals surface area contributed by atoms with Crippen LogP contribution in [0.3, 0.4) is 0 Å². The van der Waals surface area contributed by atoms with Gasteiger partial charge in [0.05, 0.1) is 21.5 Å². The number of halogens is 1. The second kappa shape index (κ2) is 9.08. The van der Waals surface area contributed by atoms with Gasteiger partial charge >= 0.3 is 5.69 Å². The van der Waals surface area contributed by atoms with Crippen molar-refractivity contribution in [3.8, 4) is 0 Å². The van der Waals surface area contributed by atoms with Crippen molar-refractivity contribution in [3.05, 3.63) is 69.1 Å². The first-order valence-electron chi connectivity index (χ1n) is 10.6. The zero-order valence-electron chi connectivity index (χ0n) is 18.5. The van der Waals surface area contributed by atoms with Crippen LogP contribution in [0.4, 0.5) is 10.1 Å². The number of fused-ring (bicyclic) bond motifs is 1. The summed E-state index contributed by atoms with van der Waals surface area (Å²) >= 11 is 0. The Morgan fingerprint density at radius 3 is 2.36 bits per heavy atom. The molecule has 0 radical (unpaired) electrons. The lowest BCUT2D eigenvalue weighted by Gasteiger charge is -2.36. The molecule has 0 amide bonds. The molecule has 33 heavy (non-hydrogen) atoms. The second-order valence-corrected chi connectivity index (χ2v) is 9.83. The number of para-hydroxylation sites is 1. The summed E-state index contributed by atoms with van der Waals surface area (Å²) in [6.45, 7) is 3.40. The summed E-state index contributed by atoms with van der Waals surface area (Å²) in [5, 5.41) is 0.159. The third kappa shape index (κ3) is 4.56. The van der Waals surface area contributed by atoms with E-state index in [4.69, 9.17) is 0 Å². The number of aryl methyl sites for hydroxylation is 1. The first kappa shape index (κ1) is 23.1. The summed E-state index contributed by atoms with van der Waals surface area (Å²) in [6, 6.07) is 10.8. The van der Waals surface area contributed by atoms with Crippen molar-refractivity contribution in [2.75, 3.05) is 44.2 Å². The van der Waals surface area contributed by atoms with Crippen LogP contribution in [0.5, 0.6) is 0 Å². The number of piperazine rings is 1. The molecular formula is C22H26FN5O4S. The fourth-order valence-electron chi connectivity index (χ4n) is 4.08. The molecule has 0 atom stereocenters. The van der Waals surface area contributed by atoms with Crippen LogP contribution >= 0.6 is 0 Å². The number of benzene rings is 2. The van der Waals surface area contributed by atoms with Crippen LogP contribution in [0.1, 0.15) is 0 Å². The van der Waals surface area contributed by atoms with Crippen LogP contribution in [0.25, 0.3) is 10.9 Å². The van der Waals surface area contributed by atoms with Gasteiger partial charge in [0, 0.05) is 53.4 Å². The molecule has 4 rings (SSSR count). The van der Waals surface area contributed by atoms with E-state index in [-0.39, 0.29) is 22.6 Å². The van der Waals surface area contributed by atoms with E-state index in [2.05, 4.69) is 9.62 Å². The van der Waals surface area contributed by atoms with Crippen molar-refractivity contribution in [1.29, 1.82) is 0 Å². The zero-order valence-corrected chi connectivity index (χ0v) is 19.3. The first-order valence-corrected chi connectivity index (χ1v) is 12.1. The van der Waals surface area contributed by atoms with E-state index in [0.717, 1.165) is 4.57 Å². The molecule has 9 nitrogen and oxygen atoms in total. The van der Waals surface area contributed by atoms with Crippen LogP contribution in [-0.4, -0.2) is 61.7 Å². The van der Waals surface area contributed by atoms with Crippen molar-refractivity contribution in [3.63, 3.8) is 0 Å². The molecular weight excluding hydrogens is 449 g/mol. The highest BCUT2D eigenvalue weighted by atomic mass is 32.2. The Balaban J connectivity index is 1.39. The van der Waals surface area contributed by atoms with Crippen molar-refractivity contribution in [1.82, 2.24) is 18.8 Å². The van der Waals surface area contributed by atoms with Crippen molar-refractivity contribution in [2.45, 2.75) is 4.90 Å². The van der Waals surface area contributed by atoms with Gasteiger partial charge in [-0.1, -0.05) is 12.1 Å². The summed E-state index contributed by atoms with van der Waals surface area (Å²) in [4.78, 5) is 28.6. The second-order valence-electron chi connectivity index (χ2n) is 8.06. The van der Waals surface area contributed by atoms with E-state index >= 15 is 0 Å². The summed E-state index contributed by atoms with van der Waals surface area (Å²) in [5.41, 5.74) is -0.0678. The van der Waals surface area contributed by atoms with Crippen LogP contribution in [0.2, 0.25) is 0 Å². The van der Waals surface area contributed by atoms with E-state index in [9.17, 15) is 22.4 Å². The van der Waals surface area contributed by atoms with Gasteiger partial charge in [0.1, 0.15) is 5.82 Å². The van der Waals surface area contributed by atoms with Crippen LogP contribution in [-0.2, 0) is 24.1 Å². The summed E-state index contributed by atoms with van der Waals surface area (Å²) < 4.78 is 44.4. The van der Waals surface area contributed by atoms with E-state index in [1.54, 1.807) is 12.1 Å². The Bertz CT molecular complexity index is 1410. The third-order valence-electron chi connectivity index (χ3n) is 6.03. The Kier molecular flexibility index (Phi) is 6.37. The minimum absolute atomic E-state index is 0.0323. The smallest absolute Gasteiger partial charge is 0.330 e. The molecule has 1 aromatic heterocycles. The maximum absolute atomic E-state index is 14.0. The number of anilines is 1. The Hall–Kier alpha value is -3.02. The molecule has 1 saturated heterocycles. The third-order valence-corrected chi connectivity index (χ3v) is 7.49. The molecule has 0 unspecified atom stereocenters. The van der Waals surface area contributed by atoms with E-state index in [0.29, 0.717) is 43.9 Å². The maximum Gasteiger partial charge on any atom is 0.330 e. The van der Waals surface area contributed by atoms with E-state index in [1.165, 1.54) is 42.9 Å². The molecule has 1 N–H and O–H groups in total. The molecule has 176 valence electrons. The molecule has 0 spiro atoms.